The molecule has 14 heavy (non-hydrogen) atoms. The predicted octanol–water partition coefficient (Wildman–Crippen LogP) is 2.38. The van der Waals surface area contributed by atoms with Crippen LogP contribution in [0.1, 0.15) is 39.9 Å². The maximum absolute atomic E-state index is 11.7. The molecule has 3 heteroatoms. The third-order valence-electron chi connectivity index (χ3n) is 2.51. The predicted molar refractivity (Wildman–Crippen MR) is 59.0 cm³/mol. The third kappa shape index (κ3) is 1.88. The van der Waals surface area contributed by atoms with Gasteiger partial charge in [-0.1, -0.05) is 6.92 Å². The van der Waals surface area contributed by atoms with Crippen LogP contribution in [0.25, 0.3) is 0 Å². The number of rotatable bonds is 3. The van der Waals surface area contributed by atoms with Crippen molar-refractivity contribution in [3.05, 3.63) is 21.4 Å². The minimum atomic E-state index is 0.312. The zero-order chi connectivity index (χ0) is 9.97. The summed E-state index contributed by atoms with van der Waals surface area (Å²) in [6, 6.07) is 2.10. The Balaban J connectivity index is 2.19. The fourth-order valence-corrected chi connectivity index (χ4v) is 2.89. The Morgan fingerprint density at radius 1 is 1.64 bits per heavy atom. The SMILES string of the molecule is CCCC(=O)c1cc2c(s1)CNCC2. The summed E-state index contributed by atoms with van der Waals surface area (Å²) in [5, 5.41) is 3.32. The first kappa shape index (κ1) is 9.87. The normalized spacial score (nSPS) is 15.2. The molecule has 2 heterocycles. The lowest BCUT2D eigenvalue weighted by molar-refractivity contribution is 0.0985. The summed E-state index contributed by atoms with van der Waals surface area (Å²) < 4.78 is 0. The Bertz CT molecular complexity index is 320. The number of Topliss-reactive ketones (excluding diaryl/α,β-unsaturated/α-hetero) is 1. The minimum Gasteiger partial charge on any atom is -0.312 e. The first-order valence-corrected chi connectivity index (χ1v) is 5.98. The average Bonchev–Trinajstić information content (AvgIpc) is 2.61. The zero-order valence-electron chi connectivity index (χ0n) is 8.43. The Morgan fingerprint density at radius 2 is 2.50 bits per heavy atom. The van der Waals surface area contributed by atoms with E-state index in [9.17, 15) is 4.79 Å². The van der Waals surface area contributed by atoms with Gasteiger partial charge in [0.2, 0.25) is 0 Å². The highest BCUT2D eigenvalue weighted by molar-refractivity contribution is 7.14. The molecule has 1 aliphatic heterocycles. The second-order valence-corrected chi connectivity index (χ2v) is 4.80. The topological polar surface area (TPSA) is 29.1 Å². The molecule has 2 nitrogen and oxygen atoms in total. The molecule has 1 aromatic heterocycles. The van der Waals surface area contributed by atoms with Crippen LogP contribution in [0.5, 0.6) is 0 Å². The van der Waals surface area contributed by atoms with Crippen LogP contribution in [0.15, 0.2) is 6.07 Å². The van der Waals surface area contributed by atoms with E-state index in [4.69, 9.17) is 0 Å². The lowest BCUT2D eigenvalue weighted by Crippen LogP contribution is -2.21. The van der Waals surface area contributed by atoms with Gasteiger partial charge in [0, 0.05) is 17.8 Å². The van der Waals surface area contributed by atoms with Gasteiger partial charge >= 0.3 is 0 Å². The van der Waals surface area contributed by atoms with Gasteiger partial charge in [0.25, 0.3) is 0 Å². The summed E-state index contributed by atoms with van der Waals surface area (Å²) in [6.07, 6.45) is 2.71. The molecule has 2 rings (SSSR count). The maximum atomic E-state index is 11.7. The molecule has 0 saturated carbocycles. The smallest absolute Gasteiger partial charge is 0.172 e. The number of hydrogen-bond acceptors (Lipinski definition) is 3. The standard InChI is InChI=1S/C11H15NOS/c1-2-3-9(13)10-6-8-4-5-12-7-11(8)14-10/h6,12H,2-5,7H2,1H3. The number of thiophene rings is 1. The molecule has 0 bridgehead atoms. The van der Waals surface area contributed by atoms with E-state index in [1.54, 1.807) is 11.3 Å². The molecule has 0 fully saturated rings. The van der Waals surface area contributed by atoms with Gasteiger partial charge in [-0.25, -0.2) is 0 Å². The Hall–Kier alpha value is -0.670. The highest BCUT2D eigenvalue weighted by Crippen LogP contribution is 2.26. The van der Waals surface area contributed by atoms with Gasteiger partial charge in [0.15, 0.2) is 5.78 Å². The van der Waals surface area contributed by atoms with Gasteiger partial charge in [-0.15, -0.1) is 11.3 Å². The van der Waals surface area contributed by atoms with Crippen LogP contribution in [0.3, 0.4) is 0 Å². The summed E-state index contributed by atoms with van der Waals surface area (Å²) >= 11 is 1.67. The Kier molecular flexibility index (Phi) is 2.99. The van der Waals surface area contributed by atoms with Crippen LogP contribution >= 0.6 is 11.3 Å². The molecular formula is C11H15NOS. The van der Waals surface area contributed by atoms with Crippen molar-refractivity contribution < 1.29 is 4.79 Å². The first-order valence-electron chi connectivity index (χ1n) is 5.16. The molecular weight excluding hydrogens is 194 g/mol. The van der Waals surface area contributed by atoms with E-state index in [2.05, 4.69) is 11.4 Å². The Labute approximate surface area is 88.3 Å². The van der Waals surface area contributed by atoms with Crippen molar-refractivity contribution in [3.63, 3.8) is 0 Å². The van der Waals surface area contributed by atoms with E-state index in [-0.39, 0.29) is 0 Å². The van der Waals surface area contributed by atoms with Crippen molar-refractivity contribution in [3.8, 4) is 0 Å². The maximum Gasteiger partial charge on any atom is 0.172 e. The molecule has 1 aliphatic rings. The van der Waals surface area contributed by atoms with Crippen LogP contribution < -0.4 is 5.32 Å². The van der Waals surface area contributed by atoms with Crippen molar-refractivity contribution in [2.24, 2.45) is 0 Å². The minimum absolute atomic E-state index is 0.312. The number of ketones is 1. The summed E-state index contributed by atoms with van der Waals surface area (Å²) in [5.41, 5.74) is 1.38. The summed E-state index contributed by atoms with van der Waals surface area (Å²) in [4.78, 5) is 14.0. The highest BCUT2D eigenvalue weighted by atomic mass is 32.1. The van der Waals surface area contributed by atoms with Gasteiger partial charge in [-0.2, -0.15) is 0 Å². The number of carbonyl (C=O) groups excluding carboxylic acids is 1. The fraction of sp³-hybridized carbons (Fsp3) is 0.545. The van der Waals surface area contributed by atoms with Crippen LogP contribution in [-0.4, -0.2) is 12.3 Å². The number of carbonyl (C=O) groups is 1. The summed E-state index contributed by atoms with van der Waals surface area (Å²) in [7, 11) is 0. The summed E-state index contributed by atoms with van der Waals surface area (Å²) in [5.74, 6) is 0.312. The molecule has 0 unspecified atom stereocenters. The fourth-order valence-electron chi connectivity index (χ4n) is 1.74. The molecule has 0 aliphatic carbocycles. The van der Waals surface area contributed by atoms with E-state index in [0.29, 0.717) is 12.2 Å². The number of fused-ring (bicyclic) bond motifs is 1. The van der Waals surface area contributed by atoms with Crippen molar-refractivity contribution in [1.82, 2.24) is 5.32 Å². The van der Waals surface area contributed by atoms with Crippen LogP contribution in [0, 0.1) is 0 Å². The summed E-state index contributed by atoms with van der Waals surface area (Å²) in [6.45, 7) is 4.04. The highest BCUT2D eigenvalue weighted by Gasteiger charge is 2.15. The largest absolute Gasteiger partial charge is 0.312 e. The van der Waals surface area contributed by atoms with E-state index in [0.717, 1.165) is 30.8 Å². The zero-order valence-corrected chi connectivity index (χ0v) is 9.25. The molecule has 76 valence electrons. The molecule has 0 saturated heterocycles. The lowest BCUT2D eigenvalue weighted by atomic mass is 10.1. The van der Waals surface area contributed by atoms with E-state index >= 15 is 0 Å². The Morgan fingerprint density at radius 3 is 3.21 bits per heavy atom. The monoisotopic (exact) mass is 209 g/mol. The van der Waals surface area contributed by atoms with Gasteiger partial charge < -0.3 is 5.32 Å². The van der Waals surface area contributed by atoms with Gasteiger partial charge in [0.1, 0.15) is 0 Å². The van der Waals surface area contributed by atoms with Crippen molar-refractivity contribution in [2.45, 2.75) is 32.7 Å². The first-order chi connectivity index (χ1) is 6.81. The second kappa shape index (κ2) is 4.24. The van der Waals surface area contributed by atoms with Crippen LogP contribution in [0.4, 0.5) is 0 Å². The average molecular weight is 209 g/mol. The third-order valence-corrected chi connectivity index (χ3v) is 3.72. The molecule has 0 spiro atoms. The molecule has 0 radical (unpaired) electrons. The van der Waals surface area contributed by atoms with Gasteiger partial charge in [-0.05, 0) is 31.0 Å². The van der Waals surface area contributed by atoms with Gasteiger partial charge in [-0.3, -0.25) is 4.79 Å². The van der Waals surface area contributed by atoms with Crippen LogP contribution in [0.2, 0.25) is 0 Å². The van der Waals surface area contributed by atoms with Crippen LogP contribution in [-0.2, 0) is 13.0 Å². The molecule has 0 amide bonds. The molecule has 1 N–H and O–H groups in total. The lowest BCUT2D eigenvalue weighted by Gasteiger charge is -2.10. The van der Waals surface area contributed by atoms with Gasteiger partial charge in [0.05, 0.1) is 4.88 Å². The van der Waals surface area contributed by atoms with E-state index in [1.807, 2.05) is 6.92 Å². The quantitative estimate of drug-likeness (QED) is 0.774. The second-order valence-electron chi connectivity index (χ2n) is 3.66. The number of hydrogen-bond donors (Lipinski definition) is 1. The number of nitrogens with one attached hydrogen (secondary N) is 1. The van der Waals surface area contributed by atoms with Crippen molar-refractivity contribution >= 4 is 17.1 Å². The van der Waals surface area contributed by atoms with E-state index in [1.165, 1.54) is 10.4 Å². The van der Waals surface area contributed by atoms with Crippen molar-refractivity contribution in [1.29, 1.82) is 0 Å². The molecule has 0 aromatic carbocycles. The van der Waals surface area contributed by atoms with Crippen molar-refractivity contribution in [2.75, 3.05) is 6.54 Å². The molecule has 0 atom stereocenters. The van der Waals surface area contributed by atoms with E-state index < -0.39 is 0 Å². The molecule has 1 aromatic rings.